The summed E-state index contributed by atoms with van der Waals surface area (Å²) in [6.07, 6.45) is 1.11. The van der Waals surface area contributed by atoms with Crippen LogP contribution in [-0.4, -0.2) is 38.6 Å². The Bertz CT molecular complexity index is 651. The molecule has 1 fully saturated rings. The second kappa shape index (κ2) is 4.06. The Kier molecular flexibility index (Phi) is 2.89. The van der Waals surface area contributed by atoms with Crippen molar-refractivity contribution in [2.75, 3.05) is 13.3 Å². The van der Waals surface area contributed by atoms with Gasteiger partial charge in [-0.1, -0.05) is 12.1 Å². The smallest absolute Gasteiger partial charge is 0.319 e. The standard InChI is InChI=1S/C12H14N2O4S/c1-12(10(15)14(2)11(16)13-12)8-4-6-9(7-5-8)19(3,17)18/h4-7H,1-3H3,(H,13,16). The van der Waals surface area contributed by atoms with E-state index in [0.717, 1.165) is 11.2 Å². The van der Waals surface area contributed by atoms with Gasteiger partial charge in [-0.05, 0) is 24.6 Å². The molecule has 1 aromatic carbocycles. The van der Waals surface area contributed by atoms with Gasteiger partial charge < -0.3 is 5.32 Å². The van der Waals surface area contributed by atoms with Crippen LogP contribution in [0.1, 0.15) is 12.5 Å². The molecule has 1 aromatic rings. The van der Waals surface area contributed by atoms with Crippen LogP contribution in [0.3, 0.4) is 0 Å². The molecule has 1 saturated heterocycles. The Morgan fingerprint density at radius 3 is 2.05 bits per heavy atom. The van der Waals surface area contributed by atoms with Crippen molar-refractivity contribution in [3.63, 3.8) is 0 Å². The summed E-state index contributed by atoms with van der Waals surface area (Å²) >= 11 is 0. The molecule has 0 spiro atoms. The van der Waals surface area contributed by atoms with Crippen LogP contribution in [0.2, 0.25) is 0 Å². The van der Waals surface area contributed by atoms with Crippen LogP contribution in [-0.2, 0) is 20.2 Å². The van der Waals surface area contributed by atoms with Gasteiger partial charge in [0.15, 0.2) is 9.84 Å². The summed E-state index contributed by atoms with van der Waals surface area (Å²) in [4.78, 5) is 24.7. The average molecular weight is 282 g/mol. The maximum absolute atomic E-state index is 12.0. The Morgan fingerprint density at radius 2 is 1.68 bits per heavy atom. The normalized spacial score (nSPS) is 23.6. The molecule has 1 aliphatic rings. The van der Waals surface area contributed by atoms with Crippen LogP contribution in [0.25, 0.3) is 0 Å². The number of carbonyl (C=O) groups is 2. The molecule has 19 heavy (non-hydrogen) atoms. The van der Waals surface area contributed by atoms with E-state index in [1.165, 1.54) is 31.3 Å². The monoisotopic (exact) mass is 282 g/mol. The van der Waals surface area contributed by atoms with Crippen LogP contribution >= 0.6 is 0 Å². The molecule has 6 nitrogen and oxygen atoms in total. The van der Waals surface area contributed by atoms with Gasteiger partial charge in [0.05, 0.1) is 4.90 Å². The van der Waals surface area contributed by atoms with E-state index in [0.29, 0.717) is 5.56 Å². The fourth-order valence-electron chi connectivity index (χ4n) is 2.01. The highest BCUT2D eigenvalue weighted by atomic mass is 32.2. The maximum Gasteiger partial charge on any atom is 0.325 e. The van der Waals surface area contributed by atoms with Gasteiger partial charge >= 0.3 is 6.03 Å². The van der Waals surface area contributed by atoms with Gasteiger partial charge in [0.1, 0.15) is 5.54 Å². The average Bonchev–Trinajstić information content (AvgIpc) is 2.54. The van der Waals surface area contributed by atoms with Gasteiger partial charge in [0.25, 0.3) is 5.91 Å². The molecule has 2 rings (SSSR count). The molecule has 1 aliphatic heterocycles. The minimum atomic E-state index is -3.28. The van der Waals surface area contributed by atoms with Crippen molar-refractivity contribution < 1.29 is 18.0 Å². The summed E-state index contributed by atoms with van der Waals surface area (Å²) in [5.41, 5.74) is -0.607. The summed E-state index contributed by atoms with van der Waals surface area (Å²) < 4.78 is 22.7. The predicted octanol–water partition coefficient (Wildman–Crippen LogP) is 0.487. The van der Waals surface area contributed by atoms with Gasteiger partial charge in [0, 0.05) is 13.3 Å². The van der Waals surface area contributed by atoms with Crippen LogP contribution in [0.5, 0.6) is 0 Å². The Hall–Kier alpha value is -1.89. The van der Waals surface area contributed by atoms with Crippen molar-refractivity contribution in [1.29, 1.82) is 0 Å². The summed E-state index contributed by atoms with van der Waals surface area (Å²) in [7, 11) is -1.88. The molecule has 1 N–H and O–H groups in total. The highest BCUT2D eigenvalue weighted by molar-refractivity contribution is 7.90. The largest absolute Gasteiger partial charge is 0.325 e. The van der Waals surface area contributed by atoms with E-state index in [2.05, 4.69) is 5.32 Å². The molecule has 1 unspecified atom stereocenters. The summed E-state index contributed by atoms with van der Waals surface area (Å²) in [5.74, 6) is -0.371. The lowest BCUT2D eigenvalue weighted by atomic mass is 9.92. The summed E-state index contributed by atoms with van der Waals surface area (Å²) in [6.45, 7) is 1.59. The topological polar surface area (TPSA) is 83.6 Å². The Labute approximate surface area is 111 Å². The lowest BCUT2D eigenvalue weighted by molar-refractivity contribution is -0.130. The molecular weight excluding hydrogens is 268 g/mol. The van der Waals surface area contributed by atoms with E-state index < -0.39 is 21.4 Å². The lowest BCUT2D eigenvalue weighted by Crippen LogP contribution is -2.40. The maximum atomic E-state index is 12.0. The number of nitrogens with zero attached hydrogens (tertiary/aromatic N) is 1. The molecule has 0 aromatic heterocycles. The number of amides is 3. The third-order valence-corrected chi connectivity index (χ3v) is 4.38. The van der Waals surface area contributed by atoms with Gasteiger partial charge in [0.2, 0.25) is 0 Å². The van der Waals surface area contributed by atoms with Crippen molar-refractivity contribution >= 4 is 21.8 Å². The predicted molar refractivity (Wildman–Crippen MR) is 68.2 cm³/mol. The second-order valence-corrected chi connectivity index (χ2v) is 6.73. The first kappa shape index (κ1) is 13.5. The van der Waals surface area contributed by atoms with E-state index in [-0.39, 0.29) is 10.8 Å². The number of nitrogens with one attached hydrogen (secondary N) is 1. The molecule has 0 radical (unpaired) electrons. The Balaban J connectivity index is 2.44. The third kappa shape index (κ3) is 2.10. The van der Waals surface area contributed by atoms with E-state index in [4.69, 9.17) is 0 Å². The van der Waals surface area contributed by atoms with Crippen LogP contribution in [0, 0.1) is 0 Å². The van der Waals surface area contributed by atoms with Crippen LogP contribution < -0.4 is 5.32 Å². The van der Waals surface area contributed by atoms with Crippen molar-refractivity contribution in [2.45, 2.75) is 17.4 Å². The number of likely N-dealkylation sites (N-methyl/N-ethyl adjacent to an activating group) is 1. The van der Waals surface area contributed by atoms with Crippen molar-refractivity contribution in [1.82, 2.24) is 10.2 Å². The minimum Gasteiger partial charge on any atom is -0.319 e. The number of hydrogen-bond acceptors (Lipinski definition) is 4. The zero-order chi connectivity index (χ0) is 14.4. The van der Waals surface area contributed by atoms with Gasteiger partial charge in [-0.3, -0.25) is 9.69 Å². The Morgan fingerprint density at radius 1 is 1.16 bits per heavy atom. The van der Waals surface area contributed by atoms with Crippen molar-refractivity contribution in [3.8, 4) is 0 Å². The number of rotatable bonds is 2. The first-order valence-corrected chi connectivity index (χ1v) is 7.46. The highest BCUT2D eigenvalue weighted by Crippen LogP contribution is 2.28. The minimum absolute atomic E-state index is 0.171. The SMILES string of the molecule is CN1C(=O)NC(C)(c2ccc(S(C)(=O)=O)cc2)C1=O. The molecule has 0 bridgehead atoms. The van der Waals surface area contributed by atoms with Crippen LogP contribution in [0.4, 0.5) is 4.79 Å². The summed E-state index contributed by atoms with van der Waals surface area (Å²) in [5, 5.41) is 2.59. The molecule has 0 saturated carbocycles. The molecule has 0 aliphatic carbocycles. The molecule has 1 atom stereocenters. The fraction of sp³-hybridized carbons (Fsp3) is 0.333. The molecular formula is C12H14N2O4S. The van der Waals surface area contributed by atoms with Gasteiger partial charge in [-0.25, -0.2) is 13.2 Å². The number of imide groups is 1. The third-order valence-electron chi connectivity index (χ3n) is 3.25. The van der Waals surface area contributed by atoms with E-state index in [9.17, 15) is 18.0 Å². The fourth-order valence-corrected chi connectivity index (χ4v) is 2.64. The number of sulfone groups is 1. The van der Waals surface area contributed by atoms with E-state index in [1.54, 1.807) is 6.92 Å². The number of benzene rings is 1. The number of carbonyl (C=O) groups excluding carboxylic acids is 2. The molecule has 102 valence electrons. The number of hydrogen-bond donors (Lipinski definition) is 1. The zero-order valence-electron chi connectivity index (χ0n) is 10.8. The molecule has 7 heteroatoms. The first-order chi connectivity index (χ1) is 8.66. The molecule has 1 heterocycles. The van der Waals surface area contributed by atoms with Crippen molar-refractivity contribution in [2.24, 2.45) is 0 Å². The van der Waals surface area contributed by atoms with E-state index >= 15 is 0 Å². The second-order valence-electron chi connectivity index (χ2n) is 4.72. The molecule has 3 amide bonds. The van der Waals surface area contributed by atoms with Crippen LogP contribution in [0.15, 0.2) is 29.2 Å². The number of urea groups is 1. The lowest BCUT2D eigenvalue weighted by Gasteiger charge is -2.21. The van der Waals surface area contributed by atoms with E-state index in [1.807, 2.05) is 0 Å². The highest BCUT2D eigenvalue weighted by Gasteiger charge is 2.47. The van der Waals surface area contributed by atoms with Gasteiger partial charge in [-0.15, -0.1) is 0 Å². The first-order valence-electron chi connectivity index (χ1n) is 5.57. The van der Waals surface area contributed by atoms with Crippen molar-refractivity contribution in [3.05, 3.63) is 29.8 Å². The summed E-state index contributed by atoms with van der Waals surface area (Å²) in [6, 6.07) is 5.45. The quantitative estimate of drug-likeness (QED) is 0.800. The zero-order valence-corrected chi connectivity index (χ0v) is 11.6. The van der Waals surface area contributed by atoms with Gasteiger partial charge in [-0.2, -0.15) is 0 Å².